The molecule has 1 heterocycles. The number of amides is 1. The van der Waals surface area contributed by atoms with Gasteiger partial charge in [0.1, 0.15) is 11.5 Å². The maximum Gasteiger partial charge on any atom is 0.244 e. The lowest BCUT2D eigenvalue weighted by atomic mass is 10.0. The summed E-state index contributed by atoms with van der Waals surface area (Å²) < 4.78 is 33.4. The zero-order valence-corrected chi connectivity index (χ0v) is 14.3. The molecule has 1 atom stereocenters. The summed E-state index contributed by atoms with van der Waals surface area (Å²) in [5.74, 6) is 1.01. The van der Waals surface area contributed by atoms with Crippen LogP contribution in [0.15, 0.2) is 24.3 Å². The Bertz CT molecular complexity index is 704. The van der Waals surface area contributed by atoms with Crippen molar-refractivity contribution in [1.29, 1.82) is 0 Å². The van der Waals surface area contributed by atoms with E-state index in [1.807, 2.05) is 0 Å². The molecular formula is C16H21NO5S. The van der Waals surface area contributed by atoms with Gasteiger partial charge in [0.05, 0.1) is 31.3 Å². The van der Waals surface area contributed by atoms with Crippen molar-refractivity contribution in [3.63, 3.8) is 0 Å². The predicted octanol–water partition coefficient (Wildman–Crippen LogP) is 1.41. The third-order valence-corrected chi connectivity index (χ3v) is 5.63. The van der Waals surface area contributed by atoms with Gasteiger partial charge in [0.25, 0.3) is 0 Å². The Balaban J connectivity index is 2.07. The Morgan fingerprint density at radius 1 is 1.22 bits per heavy atom. The summed E-state index contributed by atoms with van der Waals surface area (Å²) >= 11 is 0. The van der Waals surface area contributed by atoms with Gasteiger partial charge in [0, 0.05) is 12.1 Å². The summed E-state index contributed by atoms with van der Waals surface area (Å²) in [5.41, 5.74) is 0.0484. The van der Waals surface area contributed by atoms with Crippen LogP contribution in [0, 0.1) is 0 Å². The van der Waals surface area contributed by atoms with Gasteiger partial charge >= 0.3 is 0 Å². The van der Waals surface area contributed by atoms with Crippen LogP contribution in [0.5, 0.6) is 11.5 Å². The van der Waals surface area contributed by atoms with Gasteiger partial charge < -0.3 is 14.8 Å². The Labute approximate surface area is 136 Å². The maximum absolute atomic E-state index is 12.0. The minimum atomic E-state index is -3.06. The van der Waals surface area contributed by atoms with E-state index >= 15 is 0 Å². The van der Waals surface area contributed by atoms with Gasteiger partial charge in [0.2, 0.25) is 5.91 Å². The first-order valence-electron chi connectivity index (χ1n) is 7.19. The molecule has 2 rings (SSSR count). The number of methoxy groups -OCH3 is 2. The van der Waals surface area contributed by atoms with Crippen LogP contribution < -0.4 is 14.8 Å². The molecule has 6 nitrogen and oxygen atoms in total. The van der Waals surface area contributed by atoms with Gasteiger partial charge in [0.15, 0.2) is 9.84 Å². The number of hydrogen-bond donors (Lipinski definition) is 1. The lowest BCUT2D eigenvalue weighted by molar-refractivity contribution is -0.117. The van der Waals surface area contributed by atoms with Crippen LogP contribution in [-0.4, -0.2) is 45.6 Å². The maximum atomic E-state index is 12.0. The van der Waals surface area contributed by atoms with Crippen LogP contribution in [-0.2, 0) is 14.6 Å². The van der Waals surface area contributed by atoms with E-state index in [-0.39, 0.29) is 17.4 Å². The second-order valence-corrected chi connectivity index (χ2v) is 8.06. The summed E-state index contributed by atoms with van der Waals surface area (Å²) in [6, 6.07) is 5.28. The van der Waals surface area contributed by atoms with Gasteiger partial charge in [-0.05, 0) is 37.1 Å². The second kappa shape index (κ2) is 6.62. The van der Waals surface area contributed by atoms with Crippen LogP contribution >= 0.6 is 0 Å². The van der Waals surface area contributed by atoms with E-state index in [9.17, 15) is 13.2 Å². The molecule has 0 radical (unpaired) electrons. The fourth-order valence-electron chi connectivity index (χ4n) is 2.55. The lowest BCUT2D eigenvalue weighted by Crippen LogP contribution is -2.46. The minimum Gasteiger partial charge on any atom is -0.497 e. The number of benzene rings is 1. The molecule has 23 heavy (non-hydrogen) atoms. The highest BCUT2D eigenvalue weighted by Crippen LogP contribution is 2.24. The number of hydrogen-bond acceptors (Lipinski definition) is 5. The first-order valence-corrected chi connectivity index (χ1v) is 9.01. The number of carbonyl (C=O) groups excluding carboxylic acids is 1. The average molecular weight is 339 g/mol. The summed E-state index contributed by atoms with van der Waals surface area (Å²) in [7, 11) is 0.0473. The van der Waals surface area contributed by atoms with Crippen molar-refractivity contribution in [3.05, 3.63) is 29.8 Å². The van der Waals surface area contributed by atoms with Crippen LogP contribution in [0.1, 0.15) is 18.9 Å². The highest BCUT2D eigenvalue weighted by molar-refractivity contribution is 7.91. The topological polar surface area (TPSA) is 81.7 Å². The van der Waals surface area contributed by atoms with E-state index in [0.717, 1.165) is 5.56 Å². The monoisotopic (exact) mass is 339 g/mol. The molecule has 1 saturated heterocycles. The third kappa shape index (κ3) is 4.72. The molecule has 0 aromatic heterocycles. The summed E-state index contributed by atoms with van der Waals surface area (Å²) in [5, 5.41) is 2.77. The average Bonchev–Trinajstić information content (AvgIpc) is 2.77. The summed E-state index contributed by atoms with van der Waals surface area (Å²) in [6.45, 7) is 1.75. The van der Waals surface area contributed by atoms with Crippen molar-refractivity contribution in [2.75, 3.05) is 25.7 Å². The summed E-state index contributed by atoms with van der Waals surface area (Å²) in [6.07, 6.45) is 3.44. The van der Waals surface area contributed by atoms with Crippen molar-refractivity contribution < 1.29 is 22.7 Å². The normalized spacial score (nSPS) is 22.9. The quantitative estimate of drug-likeness (QED) is 0.820. The van der Waals surface area contributed by atoms with E-state index in [1.54, 1.807) is 45.4 Å². The lowest BCUT2D eigenvalue weighted by Gasteiger charge is -2.22. The van der Waals surface area contributed by atoms with E-state index in [0.29, 0.717) is 17.9 Å². The fraction of sp³-hybridized carbons (Fsp3) is 0.438. The van der Waals surface area contributed by atoms with E-state index in [4.69, 9.17) is 9.47 Å². The summed E-state index contributed by atoms with van der Waals surface area (Å²) in [4.78, 5) is 12.0. The molecule has 0 spiro atoms. The largest absolute Gasteiger partial charge is 0.497 e. The van der Waals surface area contributed by atoms with Crippen molar-refractivity contribution >= 4 is 21.8 Å². The molecule has 0 bridgehead atoms. The first kappa shape index (κ1) is 17.3. The standard InChI is InChI=1S/C16H21NO5S/c1-16(6-7-23(19,20)11-16)17-15(18)5-4-12-8-13(21-2)10-14(9-12)22-3/h4-5,8-10H,6-7,11H2,1-3H3,(H,17,18)/b5-4+. The van der Waals surface area contributed by atoms with Gasteiger partial charge in [-0.15, -0.1) is 0 Å². The Morgan fingerprint density at radius 3 is 2.30 bits per heavy atom. The van der Waals surface area contributed by atoms with Crippen molar-refractivity contribution in [2.24, 2.45) is 0 Å². The molecule has 1 amide bonds. The minimum absolute atomic E-state index is 0.0213. The molecular weight excluding hydrogens is 318 g/mol. The number of ether oxygens (including phenoxy) is 2. The molecule has 0 aliphatic carbocycles. The van der Waals surface area contributed by atoms with Gasteiger partial charge in [-0.2, -0.15) is 0 Å². The molecule has 1 aromatic rings. The highest BCUT2D eigenvalue weighted by Gasteiger charge is 2.39. The second-order valence-electron chi connectivity index (χ2n) is 5.87. The number of sulfone groups is 1. The first-order chi connectivity index (χ1) is 10.8. The Hall–Kier alpha value is -2.02. The number of rotatable bonds is 5. The SMILES string of the molecule is COc1cc(/C=C/C(=O)NC2(C)CCS(=O)(=O)C2)cc(OC)c1. The molecule has 1 fully saturated rings. The van der Waals surface area contributed by atoms with Crippen molar-refractivity contribution in [3.8, 4) is 11.5 Å². The molecule has 1 N–H and O–H groups in total. The molecule has 7 heteroatoms. The van der Waals surface area contributed by atoms with E-state index in [1.165, 1.54) is 6.08 Å². The van der Waals surface area contributed by atoms with E-state index in [2.05, 4.69) is 5.32 Å². The van der Waals surface area contributed by atoms with Gasteiger partial charge in [-0.1, -0.05) is 0 Å². The van der Waals surface area contributed by atoms with Crippen molar-refractivity contribution in [2.45, 2.75) is 18.9 Å². The Kier molecular flexibility index (Phi) is 4.99. The Morgan fingerprint density at radius 2 is 1.83 bits per heavy atom. The molecule has 126 valence electrons. The van der Waals surface area contributed by atoms with Crippen LogP contribution in [0.2, 0.25) is 0 Å². The van der Waals surface area contributed by atoms with Gasteiger partial charge in [-0.25, -0.2) is 8.42 Å². The van der Waals surface area contributed by atoms with Crippen LogP contribution in [0.3, 0.4) is 0 Å². The van der Waals surface area contributed by atoms with Crippen LogP contribution in [0.4, 0.5) is 0 Å². The van der Waals surface area contributed by atoms with Crippen molar-refractivity contribution in [1.82, 2.24) is 5.32 Å². The van der Waals surface area contributed by atoms with E-state index < -0.39 is 15.4 Å². The van der Waals surface area contributed by atoms with Crippen LogP contribution in [0.25, 0.3) is 6.08 Å². The van der Waals surface area contributed by atoms with Gasteiger partial charge in [-0.3, -0.25) is 4.79 Å². The number of nitrogens with one attached hydrogen (secondary N) is 1. The zero-order valence-electron chi connectivity index (χ0n) is 13.5. The third-order valence-electron chi connectivity index (χ3n) is 3.73. The molecule has 1 aliphatic heterocycles. The molecule has 0 saturated carbocycles. The smallest absolute Gasteiger partial charge is 0.244 e. The highest BCUT2D eigenvalue weighted by atomic mass is 32.2. The predicted molar refractivity (Wildman–Crippen MR) is 88.4 cm³/mol. The molecule has 1 aromatic carbocycles. The molecule has 1 aliphatic rings. The zero-order chi connectivity index (χ0) is 17.1. The fourth-order valence-corrected chi connectivity index (χ4v) is 4.64. The molecule has 1 unspecified atom stereocenters. The number of carbonyl (C=O) groups is 1.